The highest BCUT2D eigenvalue weighted by molar-refractivity contribution is 7.86. The molecule has 1 aliphatic rings. The molecule has 1 heterocycles. The zero-order chi connectivity index (χ0) is 11.7. The first-order chi connectivity index (χ1) is 6.68. The summed E-state index contributed by atoms with van der Waals surface area (Å²) in [5.41, 5.74) is 0. The van der Waals surface area contributed by atoms with E-state index in [2.05, 4.69) is 0 Å². The lowest BCUT2D eigenvalue weighted by atomic mass is 9.96. The van der Waals surface area contributed by atoms with Gasteiger partial charge in [-0.3, -0.25) is 0 Å². The van der Waals surface area contributed by atoms with Gasteiger partial charge in [-0.15, -0.1) is 0 Å². The van der Waals surface area contributed by atoms with Crippen molar-refractivity contribution in [3.8, 4) is 0 Å². The minimum absolute atomic E-state index is 0.127. The largest absolute Gasteiger partial charge is 0.389 e. The SMILES string of the molecule is NS(=O)(=O)N1CCCC(CC(F)(F)F)C1. The first kappa shape index (κ1) is 12.7. The predicted molar refractivity (Wildman–Crippen MR) is 48.1 cm³/mol. The average Bonchev–Trinajstić information content (AvgIpc) is 1.99. The van der Waals surface area contributed by atoms with Crippen molar-refractivity contribution in [3.63, 3.8) is 0 Å². The van der Waals surface area contributed by atoms with Gasteiger partial charge in [0.15, 0.2) is 0 Å². The van der Waals surface area contributed by atoms with Crippen LogP contribution in [0.5, 0.6) is 0 Å². The molecule has 1 atom stereocenters. The van der Waals surface area contributed by atoms with Crippen LogP contribution in [0.2, 0.25) is 0 Å². The lowest BCUT2D eigenvalue weighted by Gasteiger charge is -2.30. The Bertz CT molecular complexity index is 315. The maximum Gasteiger partial charge on any atom is 0.389 e. The molecule has 0 spiro atoms. The number of alkyl halides is 3. The number of piperidine rings is 1. The normalized spacial score (nSPS) is 25.5. The van der Waals surface area contributed by atoms with Crippen LogP contribution >= 0.6 is 0 Å². The van der Waals surface area contributed by atoms with Crippen LogP contribution < -0.4 is 5.14 Å². The minimum atomic E-state index is -4.24. The van der Waals surface area contributed by atoms with Crippen LogP contribution in [0.25, 0.3) is 0 Å². The van der Waals surface area contributed by atoms with Gasteiger partial charge in [-0.2, -0.15) is 25.9 Å². The van der Waals surface area contributed by atoms with Gasteiger partial charge in [0.1, 0.15) is 0 Å². The highest BCUT2D eigenvalue weighted by Gasteiger charge is 2.35. The Morgan fingerprint density at radius 2 is 2.00 bits per heavy atom. The van der Waals surface area contributed by atoms with Gasteiger partial charge in [-0.25, -0.2) is 5.14 Å². The summed E-state index contributed by atoms with van der Waals surface area (Å²) >= 11 is 0. The van der Waals surface area contributed by atoms with E-state index in [4.69, 9.17) is 5.14 Å². The summed E-state index contributed by atoms with van der Waals surface area (Å²) in [7, 11) is -3.85. The lowest BCUT2D eigenvalue weighted by molar-refractivity contribution is -0.146. The summed E-state index contributed by atoms with van der Waals surface area (Å²) in [4.78, 5) is 0. The second-order valence-corrected chi connectivity index (χ2v) is 5.28. The van der Waals surface area contributed by atoms with Gasteiger partial charge in [0, 0.05) is 19.5 Å². The van der Waals surface area contributed by atoms with E-state index in [1.54, 1.807) is 0 Å². The number of halogens is 3. The van der Waals surface area contributed by atoms with Crippen molar-refractivity contribution >= 4 is 10.2 Å². The van der Waals surface area contributed by atoms with Crippen LogP contribution in [0.4, 0.5) is 13.2 Å². The molecule has 4 nitrogen and oxygen atoms in total. The molecule has 1 rings (SSSR count). The molecule has 0 saturated carbocycles. The van der Waals surface area contributed by atoms with Crippen molar-refractivity contribution in [3.05, 3.63) is 0 Å². The molecule has 0 bridgehead atoms. The third-order valence-corrected chi connectivity index (χ3v) is 3.41. The zero-order valence-electron chi connectivity index (χ0n) is 8.00. The summed E-state index contributed by atoms with van der Waals surface area (Å²) in [5, 5.41) is 4.85. The van der Waals surface area contributed by atoms with Gasteiger partial charge in [-0.1, -0.05) is 0 Å². The molecule has 2 N–H and O–H groups in total. The van der Waals surface area contributed by atoms with E-state index in [1.807, 2.05) is 0 Å². The molecule has 8 heteroatoms. The van der Waals surface area contributed by atoms with Gasteiger partial charge in [-0.05, 0) is 18.8 Å². The van der Waals surface area contributed by atoms with Gasteiger partial charge in [0.05, 0.1) is 0 Å². The number of rotatable bonds is 2. The topological polar surface area (TPSA) is 63.4 Å². The van der Waals surface area contributed by atoms with Gasteiger partial charge in [0.25, 0.3) is 10.2 Å². The molecule has 0 amide bonds. The monoisotopic (exact) mass is 246 g/mol. The summed E-state index contributed by atoms with van der Waals surface area (Å²) < 4.78 is 58.9. The first-order valence-corrected chi connectivity index (χ1v) is 6.03. The highest BCUT2D eigenvalue weighted by atomic mass is 32.2. The number of nitrogens with two attached hydrogens (primary N) is 1. The maximum atomic E-state index is 12.1. The number of hydrogen-bond donors (Lipinski definition) is 1. The van der Waals surface area contributed by atoms with Crippen molar-refractivity contribution in [2.45, 2.75) is 25.4 Å². The minimum Gasteiger partial charge on any atom is -0.216 e. The van der Waals surface area contributed by atoms with Gasteiger partial charge < -0.3 is 0 Å². The smallest absolute Gasteiger partial charge is 0.216 e. The molecule has 0 radical (unpaired) electrons. The molecule has 0 aromatic rings. The molecule has 90 valence electrons. The van der Waals surface area contributed by atoms with E-state index in [0.717, 1.165) is 4.31 Å². The van der Waals surface area contributed by atoms with Crippen LogP contribution in [0, 0.1) is 5.92 Å². The predicted octanol–water partition coefficient (Wildman–Crippen LogP) is 0.854. The van der Waals surface area contributed by atoms with Crippen molar-refractivity contribution in [2.24, 2.45) is 11.1 Å². The molecule has 1 unspecified atom stereocenters. The van der Waals surface area contributed by atoms with E-state index < -0.39 is 28.7 Å². The molecular weight excluding hydrogens is 233 g/mol. The van der Waals surface area contributed by atoms with Gasteiger partial charge in [0.2, 0.25) is 0 Å². The Morgan fingerprint density at radius 3 is 2.47 bits per heavy atom. The average molecular weight is 246 g/mol. The molecule has 0 aromatic heterocycles. The lowest BCUT2D eigenvalue weighted by Crippen LogP contribution is -2.44. The van der Waals surface area contributed by atoms with Crippen LogP contribution in [-0.2, 0) is 10.2 Å². The highest BCUT2D eigenvalue weighted by Crippen LogP contribution is 2.30. The van der Waals surface area contributed by atoms with Crippen LogP contribution in [0.15, 0.2) is 0 Å². The molecule has 1 fully saturated rings. The Labute approximate surface area is 86.4 Å². The third-order valence-electron chi connectivity index (χ3n) is 2.36. The van der Waals surface area contributed by atoms with E-state index in [9.17, 15) is 21.6 Å². The maximum absolute atomic E-state index is 12.1. The second-order valence-electron chi connectivity index (χ2n) is 3.73. The van der Waals surface area contributed by atoms with E-state index in [0.29, 0.717) is 12.8 Å². The van der Waals surface area contributed by atoms with Crippen molar-refractivity contribution < 1.29 is 21.6 Å². The third kappa shape index (κ3) is 4.35. The zero-order valence-corrected chi connectivity index (χ0v) is 8.81. The molecule has 0 aromatic carbocycles. The van der Waals surface area contributed by atoms with E-state index >= 15 is 0 Å². The first-order valence-electron chi connectivity index (χ1n) is 4.53. The summed E-state index contributed by atoms with van der Waals surface area (Å²) in [5.74, 6) is -0.669. The van der Waals surface area contributed by atoms with Crippen molar-refractivity contribution in [1.82, 2.24) is 4.31 Å². The Morgan fingerprint density at radius 1 is 1.40 bits per heavy atom. The van der Waals surface area contributed by atoms with Crippen molar-refractivity contribution in [1.29, 1.82) is 0 Å². The second kappa shape index (κ2) is 4.26. The Balaban J connectivity index is 2.57. The summed E-state index contributed by atoms with van der Waals surface area (Å²) in [6, 6.07) is 0. The van der Waals surface area contributed by atoms with Crippen molar-refractivity contribution in [2.75, 3.05) is 13.1 Å². The number of nitrogens with zero attached hydrogens (tertiary/aromatic N) is 1. The molecular formula is C7H13F3N2O2S. The molecule has 15 heavy (non-hydrogen) atoms. The number of hydrogen-bond acceptors (Lipinski definition) is 2. The standard InChI is InChI=1S/C7H13F3N2O2S/c8-7(9,10)4-6-2-1-3-12(5-6)15(11,13)14/h6H,1-5H2,(H2,11,13,14). The Hall–Kier alpha value is -0.340. The molecule has 1 saturated heterocycles. The van der Waals surface area contributed by atoms with E-state index in [1.165, 1.54) is 0 Å². The van der Waals surface area contributed by atoms with Crippen LogP contribution in [0.3, 0.4) is 0 Å². The van der Waals surface area contributed by atoms with Crippen LogP contribution in [-0.4, -0.2) is 32.0 Å². The summed E-state index contributed by atoms with van der Waals surface area (Å²) in [6.45, 7) is 0.0888. The van der Waals surface area contributed by atoms with Gasteiger partial charge >= 0.3 is 6.18 Å². The molecule has 1 aliphatic heterocycles. The molecule has 0 aliphatic carbocycles. The summed E-state index contributed by atoms with van der Waals surface area (Å²) in [6.07, 6.45) is -4.37. The van der Waals surface area contributed by atoms with Crippen LogP contribution in [0.1, 0.15) is 19.3 Å². The fourth-order valence-corrected chi connectivity index (χ4v) is 2.55. The van der Waals surface area contributed by atoms with E-state index in [-0.39, 0.29) is 13.1 Å². The fraction of sp³-hybridized carbons (Fsp3) is 1.00. The fourth-order valence-electron chi connectivity index (χ4n) is 1.75. The quantitative estimate of drug-likeness (QED) is 0.785. The Kier molecular flexibility index (Phi) is 3.62.